The molecule has 1 unspecified atom stereocenters. The fourth-order valence-electron chi connectivity index (χ4n) is 4.55. The van der Waals surface area contributed by atoms with Gasteiger partial charge in [-0.15, -0.1) is 11.3 Å². The molecule has 0 spiro atoms. The van der Waals surface area contributed by atoms with Gasteiger partial charge in [-0.1, -0.05) is 42.5 Å². The predicted molar refractivity (Wildman–Crippen MR) is 145 cm³/mol. The number of carbonyl (C=O) groups excluding carboxylic acids is 3. The topological polar surface area (TPSA) is 88.6 Å². The molecule has 0 saturated carbocycles. The van der Waals surface area contributed by atoms with E-state index >= 15 is 0 Å². The normalized spacial score (nSPS) is 15.1. The maximum absolute atomic E-state index is 14.3. The van der Waals surface area contributed by atoms with Gasteiger partial charge in [-0.2, -0.15) is 0 Å². The number of rotatable bonds is 7. The fourth-order valence-corrected chi connectivity index (χ4v) is 5.52. The molecule has 38 heavy (non-hydrogen) atoms. The van der Waals surface area contributed by atoms with Crippen LogP contribution in [0.1, 0.15) is 70.9 Å². The van der Waals surface area contributed by atoms with Gasteiger partial charge in [-0.3, -0.25) is 9.59 Å². The molecular formula is C29H32FN3O4S. The van der Waals surface area contributed by atoms with Crippen molar-refractivity contribution < 1.29 is 23.5 Å². The molecule has 1 aromatic heterocycles. The summed E-state index contributed by atoms with van der Waals surface area (Å²) in [5, 5.41) is 5.13. The predicted octanol–water partition coefficient (Wildman–Crippen LogP) is 5.33. The molecule has 7 nitrogen and oxygen atoms in total. The largest absolute Gasteiger partial charge is 0.467 e. The summed E-state index contributed by atoms with van der Waals surface area (Å²) in [5.74, 6) is -0.828. The summed E-state index contributed by atoms with van der Waals surface area (Å²) in [4.78, 5) is 43.9. The summed E-state index contributed by atoms with van der Waals surface area (Å²) in [7, 11) is 1.27. The van der Waals surface area contributed by atoms with Gasteiger partial charge < -0.3 is 15.0 Å². The van der Waals surface area contributed by atoms with Crippen molar-refractivity contribution in [3.8, 4) is 11.1 Å². The van der Waals surface area contributed by atoms with E-state index in [1.54, 1.807) is 24.4 Å². The first kappa shape index (κ1) is 27.4. The zero-order valence-electron chi connectivity index (χ0n) is 22.0. The van der Waals surface area contributed by atoms with Gasteiger partial charge in [-0.05, 0) is 56.4 Å². The minimum atomic E-state index is -1.43. The van der Waals surface area contributed by atoms with Crippen LogP contribution in [0.2, 0.25) is 0 Å². The van der Waals surface area contributed by atoms with E-state index in [2.05, 4.69) is 15.0 Å². The first-order chi connectivity index (χ1) is 18.1. The van der Waals surface area contributed by atoms with Gasteiger partial charge in [0.05, 0.1) is 12.1 Å². The van der Waals surface area contributed by atoms with E-state index in [-0.39, 0.29) is 17.5 Å². The molecule has 1 N–H and O–H groups in total. The first-order valence-corrected chi connectivity index (χ1v) is 13.5. The van der Waals surface area contributed by atoms with Crippen LogP contribution < -0.4 is 5.32 Å². The number of benzene rings is 2. The third kappa shape index (κ3) is 6.10. The summed E-state index contributed by atoms with van der Waals surface area (Å²) < 4.78 is 18.9. The Morgan fingerprint density at radius 1 is 1.11 bits per heavy atom. The second kappa shape index (κ2) is 11.4. The van der Waals surface area contributed by atoms with E-state index in [1.165, 1.54) is 32.3 Å². The molecule has 2 aromatic carbocycles. The van der Waals surface area contributed by atoms with Crippen LogP contribution in [0.5, 0.6) is 0 Å². The van der Waals surface area contributed by atoms with Crippen LogP contribution in [0.3, 0.4) is 0 Å². The number of ether oxygens (including phenoxy) is 1. The monoisotopic (exact) mass is 537 g/mol. The molecule has 1 atom stereocenters. The lowest BCUT2D eigenvalue weighted by Crippen LogP contribution is -2.39. The van der Waals surface area contributed by atoms with E-state index < -0.39 is 23.6 Å². The number of hydrogen-bond acceptors (Lipinski definition) is 6. The highest BCUT2D eigenvalue weighted by atomic mass is 32.1. The molecule has 4 rings (SSSR count). The number of esters is 1. The lowest BCUT2D eigenvalue weighted by atomic mass is 9.93. The lowest BCUT2D eigenvalue weighted by Gasteiger charge is -2.31. The van der Waals surface area contributed by atoms with Crippen LogP contribution in [0.15, 0.2) is 53.9 Å². The Morgan fingerprint density at radius 2 is 1.76 bits per heavy atom. The summed E-state index contributed by atoms with van der Waals surface area (Å²) in [6.07, 6.45) is 1.47. The molecule has 1 saturated heterocycles. The van der Waals surface area contributed by atoms with Crippen molar-refractivity contribution in [2.24, 2.45) is 0 Å². The van der Waals surface area contributed by atoms with E-state index in [4.69, 9.17) is 0 Å². The highest BCUT2D eigenvalue weighted by molar-refractivity contribution is 7.09. The number of carbonyl (C=O) groups is 3. The molecule has 1 aliphatic heterocycles. The van der Waals surface area contributed by atoms with Gasteiger partial charge in [0.2, 0.25) is 0 Å². The Hall–Kier alpha value is -3.59. The number of methoxy groups -OCH3 is 1. The average Bonchev–Trinajstić information content (AvgIpc) is 3.42. The molecule has 2 amide bonds. The highest BCUT2D eigenvalue weighted by Gasteiger charge is 2.28. The molecule has 2 heterocycles. The minimum Gasteiger partial charge on any atom is -0.467 e. The van der Waals surface area contributed by atoms with Gasteiger partial charge in [0.25, 0.3) is 11.8 Å². The summed E-state index contributed by atoms with van der Waals surface area (Å²) in [5.41, 5.74) is 1.74. The molecule has 1 aliphatic rings. The number of piperidine rings is 1. The number of nitrogens with zero attached hydrogens (tertiary/aromatic N) is 2. The number of nitrogens with one attached hydrogen (secondary N) is 1. The summed E-state index contributed by atoms with van der Waals surface area (Å²) >= 11 is 1.42. The number of alkyl halides is 1. The van der Waals surface area contributed by atoms with Crippen molar-refractivity contribution in [3.63, 3.8) is 0 Å². The first-order valence-electron chi connectivity index (χ1n) is 12.6. The van der Waals surface area contributed by atoms with Crippen molar-refractivity contribution in [2.75, 3.05) is 20.2 Å². The molecule has 0 bridgehead atoms. The molecule has 0 radical (unpaired) electrons. The van der Waals surface area contributed by atoms with Crippen LogP contribution in [0, 0.1) is 0 Å². The number of thiazole rings is 1. The molecule has 9 heteroatoms. The van der Waals surface area contributed by atoms with Gasteiger partial charge in [-0.25, -0.2) is 14.2 Å². The lowest BCUT2D eigenvalue weighted by molar-refractivity contribution is -0.142. The Morgan fingerprint density at radius 3 is 2.39 bits per heavy atom. The van der Waals surface area contributed by atoms with E-state index in [0.717, 1.165) is 29.0 Å². The van der Waals surface area contributed by atoms with Crippen molar-refractivity contribution >= 4 is 29.1 Å². The van der Waals surface area contributed by atoms with Crippen molar-refractivity contribution in [1.82, 2.24) is 15.2 Å². The highest BCUT2D eigenvalue weighted by Crippen LogP contribution is 2.33. The zero-order chi connectivity index (χ0) is 27.4. The van der Waals surface area contributed by atoms with Crippen molar-refractivity contribution in [1.29, 1.82) is 0 Å². The Labute approximate surface area is 226 Å². The molecule has 200 valence electrons. The maximum atomic E-state index is 14.3. The quantitative estimate of drug-likeness (QED) is 0.412. The van der Waals surface area contributed by atoms with Crippen LogP contribution in [-0.4, -0.2) is 53.9 Å². The summed E-state index contributed by atoms with van der Waals surface area (Å²) in [6, 6.07) is 14.0. The minimum absolute atomic E-state index is 0.0371. The third-order valence-electron chi connectivity index (χ3n) is 6.83. The maximum Gasteiger partial charge on any atom is 0.328 e. The Bertz CT molecular complexity index is 1310. The SMILES string of the molecule is COC(=O)C(C)NC(=O)c1csc(C2CCN(C(=O)c3ccccc3-c3ccc(C(C)(C)F)cc3)CC2)n1. The van der Waals surface area contributed by atoms with Crippen molar-refractivity contribution in [3.05, 3.63) is 75.7 Å². The second-order valence-electron chi connectivity index (χ2n) is 9.95. The fraction of sp³-hybridized carbons (Fsp3) is 0.379. The molecule has 1 fully saturated rings. The van der Waals surface area contributed by atoms with Crippen molar-refractivity contribution in [2.45, 2.75) is 51.2 Å². The number of likely N-dealkylation sites (tertiary alicyclic amines) is 1. The Kier molecular flexibility index (Phi) is 8.26. The van der Waals surface area contributed by atoms with Gasteiger partial charge in [0.1, 0.15) is 17.4 Å². The van der Waals surface area contributed by atoms with E-state index in [9.17, 15) is 18.8 Å². The molecule has 3 aromatic rings. The number of halogens is 1. The number of amides is 2. The van der Waals surface area contributed by atoms with Crippen LogP contribution >= 0.6 is 11.3 Å². The smallest absolute Gasteiger partial charge is 0.328 e. The van der Waals surface area contributed by atoms with Crippen LogP contribution in [0.4, 0.5) is 4.39 Å². The van der Waals surface area contributed by atoms with Gasteiger partial charge in [0, 0.05) is 30.0 Å². The van der Waals surface area contributed by atoms with Gasteiger partial charge >= 0.3 is 5.97 Å². The van der Waals surface area contributed by atoms with E-state index in [1.807, 2.05) is 41.3 Å². The van der Waals surface area contributed by atoms with Crippen LogP contribution in [0.25, 0.3) is 11.1 Å². The van der Waals surface area contributed by atoms with E-state index in [0.29, 0.717) is 24.2 Å². The third-order valence-corrected chi connectivity index (χ3v) is 7.84. The molecular weight excluding hydrogens is 505 g/mol. The molecule has 0 aliphatic carbocycles. The number of hydrogen-bond donors (Lipinski definition) is 1. The number of aromatic nitrogens is 1. The second-order valence-corrected chi connectivity index (χ2v) is 10.8. The van der Waals surface area contributed by atoms with Crippen LogP contribution in [-0.2, 0) is 15.2 Å². The standard InChI is InChI=1S/C29H32FN3O4S/c1-18(28(36)37-4)31-25(34)24-17-38-26(32-24)20-13-15-33(16-14-20)27(35)23-8-6-5-7-22(23)19-9-11-21(12-10-19)29(2,3)30/h5-12,17-18,20H,13-16H2,1-4H3,(H,31,34). The zero-order valence-corrected chi connectivity index (χ0v) is 22.8. The summed E-state index contributed by atoms with van der Waals surface area (Å²) in [6.45, 7) is 5.76. The average molecular weight is 538 g/mol. The van der Waals surface area contributed by atoms with Gasteiger partial charge in [0.15, 0.2) is 0 Å². The Balaban J connectivity index is 1.41.